The largest absolute Gasteiger partial charge is 0.480 e. The van der Waals surface area contributed by atoms with Gasteiger partial charge in [0.15, 0.2) is 0 Å². The van der Waals surface area contributed by atoms with E-state index >= 15 is 0 Å². The molecule has 2 amide bonds. The quantitative estimate of drug-likeness (QED) is 0.776. The van der Waals surface area contributed by atoms with Gasteiger partial charge in [0.05, 0.1) is 0 Å². The number of carboxylic acid groups (broad SMARTS) is 1. The number of aliphatic carboxylic acids is 1. The third-order valence-corrected chi connectivity index (χ3v) is 4.23. The monoisotopic (exact) mass is 254 g/mol. The number of carbonyl (C=O) groups excluding carboxylic acids is 1. The van der Waals surface area contributed by atoms with E-state index in [0.29, 0.717) is 6.54 Å². The zero-order valence-electron chi connectivity index (χ0n) is 11.1. The van der Waals surface area contributed by atoms with Crippen molar-refractivity contribution in [2.75, 3.05) is 13.1 Å². The molecule has 0 aromatic rings. The molecule has 3 unspecified atom stereocenters. The number of hydrogen-bond donors (Lipinski definition) is 1. The maximum Gasteiger partial charge on any atom is 0.326 e. The van der Waals surface area contributed by atoms with E-state index in [1.54, 1.807) is 4.90 Å². The van der Waals surface area contributed by atoms with Crippen LogP contribution in [-0.4, -0.2) is 52.1 Å². The highest BCUT2D eigenvalue weighted by molar-refractivity contribution is 5.83. The second-order valence-electron chi connectivity index (χ2n) is 5.56. The van der Waals surface area contributed by atoms with Crippen molar-refractivity contribution >= 4 is 12.0 Å². The fourth-order valence-corrected chi connectivity index (χ4v) is 3.16. The molecule has 18 heavy (non-hydrogen) atoms. The summed E-state index contributed by atoms with van der Waals surface area (Å²) in [5.41, 5.74) is 0. The van der Waals surface area contributed by atoms with E-state index in [2.05, 4.69) is 0 Å². The number of urea groups is 1. The van der Waals surface area contributed by atoms with Gasteiger partial charge in [-0.1, -0.05) is 6.92 Å². The molecule has 0 aromatic heterocycles. The van der Waals surface area contributed by atoms with Gasteiger partial charge in [-0.05, 0) is 38.5 Å². The van der Waals surface area contributed by atoms with Gasteiger partial charge in [0.1, 0.15) is 6.04 Å². The number of likely N-dealkylation sites (tertiary alicyclic amines) is 2. The highest BCUT2D eigenvalue weighted by atomic mass is 16.4. The minimum absolute atomic E-state index is 0.0399. The Hall–Kier alpha value is -1.26. The van der Waals surface area contributed by atoms with Crippen LogP contribution >= 0.6 is 0 Å². The molecule has 2 heterocycles. The molecule has 5 nitrogen and oxygen atoms in total. The lowest BCUT2D eigenvalue weighted by Crippen LogP contribution is -2.56. The summed E-state index contributed by atoms with van der Waals surface area (Å²) in [6, 6.07) is -0.498. The predicted molar refractivity (Wildman–Crippen MR) is 67.3 cm³/mol. The van der Waals surface area contributed by atoms with Gasteiger partial charge in [-0.25, -0.2) is 9.59 Å². The van der Waals surface area contributed by atoms with Crippen molar-refractivity contribution in [3.05, 3.63) is 0 Å². The van der Waals surface area contributed by atoms with E-state index in [1.165, 1.54) is 0 Å². The molecule has 5 heteroatoms. The third kappa shape index (κ3) is 2.31. The molecular weight excluding hydrogens is 232 g/mol. The van der Waals surface area contributed by atoms with Crippen molar-refractivity contribution in [2.45, 2.75) is 51.6 Å². The number of nitrogens with zero attached hydrogens (tertiary/aromatic N) is 2. The first kappa shape index (κ1) is 13.2. The highest BCUT2D eigenvalue weighted by Gasteiger charge is 2.40. The molecular formula is C13H22N2O3. The summed E-state index contributed by atoms with van der Waals surface area (Å²) in [5.74, 6) is -0.833. The summed E-state index contributed by atoms with van der Waals surface area (Å²) in [4.78, 5) is 27.2. The molecule has 2 fully saturated rings. The van der Waals surface area contributed by atoms with Gasteiger partial charge in [0, 0.05) is 19.1 Å². The van der Waals surface area contributed by atoms with Crippen LogP contribution < -0.4 is 0 Å². The molecule has 1 N–H and O–H groups in total. The van der Waals surface area contributed by atoms with E-state index in [1.807, 2.05) is 18.7 Å². The second kappa shape index (κ2) is 5.16. The molecule has 0 aromatic carbocycles. The van der Waals surface area contributed by atoms with Gasteiger partial charge >= 0.3 is 12.0 Å². The van der Waals surface area contributed by atoms with Crippen LogP contribution in [0.3, 0.4) is 0 Å². The number of rotatable bonds is 1. The van der Waals surface area contributed by atoms with Crippen LogP contribution in [0.4, 0.5) is 4.79 Å². The summed E-state index contributed by atoms with van der Waals surface area (Å²) in [6.07, 6.45) is 3.83. The zero-order valence-corrected chi connectivity index (χ0v) is 11.1. The Bertz CT molecular complexity index is 345. The smallest absolute Gasteiger partial charge is 0.326 e. The lowest BCUT2D eigenvalue weighted by Gasteiger charge is -2.40. The lowest BCUT2D eigenvalue weighted by molar-refractivity contribution is -0.145. The van der Waals surface area contributed by atoms with E-state index in [-0.39, 0.29) is 18.0 Å². The molecule has 2 saturated heterocycles. The SMILES string of the molecule is CC1CCCN(C(=O)N2CCCC2C)C1C(=O)O. The fourth-order valence-electron chi connectivity index (χ4n) is 3.16. The molecule has 2 aliphatic heterocycles. The molecule has 2 aliphatic rings. The molecule has 0 spiro atoms. The van der Waals surface area contributed by atoms with E-state index in [9.17, 15) is 14.7 Å². The first-order valence-electron chi connectivity index (χ1n) is 6.82. The van der Waals surface area contributed by atoms with Crippen LogP contribution in [0.5, 0.6) is 0 Å². The maximum absolute atomic E-state index is 12.5. The molecule has 0 saturated carbocycles. The van der Waals surface area contributed by atoms with Crippen LogP contribution in [-0.2, 0) is 4.79 Å². The van der Waals surface area contributed by atoms with Crippen molar-refractivity contribution < 1.29 is 14.7 Å². The summed E-state index contributed by atoms with van der Waals surface area (Å²) >= 11 is 0. The first-order chi connectivity index (χ1) is 8.52. The van der Waals surface area contributed by atoms with E-state index in [0.717, 1.165) is 32.2 Å². The van der Waals surface area contributed by atoms with Gasteiger partial charge in [-0.15, -0.1) is 0 Å². The Morgan fingerprint density at radius 2 is 1.67 bits per heavy atom. The maximum atomic E-state index is 12.5. The zero-order chi connectivity index (χ0) is 13.3. The molecule has 3 atom stereocenters. The lowest BCUT2D eigenvalue weighted by atomic mass is 9.91. The Balaban J connectivity index is 2.14. The Labute approximate surface area is 108 Å². The van der Waals surface area contributed by atoms with Crippen LogP contribution in [0.15, 0.2) is 0 Å². The van der Waals surface area contributed by atoms with Crippen LogP contribution in [0.1, 0.15) is 39.5 Å². The van der Waals surface area contributed by atoms with E-state index < -0.39 is 12.0 Å². The molecule has 0 aliphatic carbocycles. The van der Waals surface area contributed by atoms with E-state index in [4.69, 9.17) is 0 Å². The summed E-state index contributed by atoms with van der Waals surface area (Å²) in [5, 5.41) is 9.32. The minimum atomic E-state index is -0.873. The summed E-state index contributed by atoms with van der Waals surface area (Å²) < 4.78 is 0. The van der Waals surface area contributed by atoms with Crippen molar-refractivity contribution in [1.29, 1.82) is 0 Å². The number of hydrogen-bond acceptors (Lipinski definition) is 2. The van der Waals surface area contributed by atoms with Crippen molar-refractivity contribution in [3.8, 4) is 0 Å². The van der Waals surface area contributed by atoms with Crippen molar-refractivity contribution in [3.63, 3.8) is 0 Å². The molecule has 0 bridgehead atoms. The molecule has 102 valence electrons. The average Bonchev–Trinajstić information content (AvgIpc) is 2.73. The standard InChI is InChI=1S/C13H22N2O3/c1-9-5-3-8-15(11(9)12(16)17)13(18)14-7-4-6-10(14)2/h9-11H,3-8H2,1-2H3,(H,16,17). The first-order valence-corrected chi connectivity index (χ1v) is 6.82. The number of piperidine rings is 1. The van der Waals surface area contributed by atoms with Crippen LogP contribution in [0, 0.1) is 5.92 Å². The fraction of sp³-hybridized carbons (Fsp3) is 0.846. The van der Waals surface area contributed by atoms with Gasteiger partial charge in [0.2, 0.25) is 0 Å². The topological polar surface area (TPSA) is 60.9 Å². The number of amides is 2. The summed E-state index contributed by atoms with van der Waals surface area (Å²) in [6.45, 7) is 5.29. The molecule has 2 rings (SSSR count). The predicted octanol–water partition coefficient (Wildman–Crippen LogP) is 1.78. The van der Waals surface area contributed by atoms with Crippen molar-refractivity contribution in [1.82, 2.24) is 9.80 Å². The third-order valence-electron chi connectivity index (χ3n) is 4.23. The average molecular weight is 254 g/mol. The van der Waals surface area contributed by atoms with Gasteiger partial charge in [0.25, 0.3) is 0 Å². The number of carbonyl (C=O) groups is 2. The van der Waals surface area contributed by atoms with Crippen molar-refractivity contribution in [2.24, 2.45) is 5.92 Å². The van der Waals surface area contributed by atoms with Gasteiger partial charge in [-0.2, -0.15) is 0 Å². The number of carboxylic acids is 1. The van der Waals surface area contributed by atoms with Gasteiger partial charge < -0.3 is 14.9 Å². The molecule has 0 radical (unpaired) electrons. The minimum Gasteiger partial charge on any atom is -0.480 e. The second-order valence-corrected chi connectivity index (χ2v) is 5.56. The Morgan fingerprint density at radius 1 is 1.06 bits per heavy atom. The Kier molecular flexibility index (Phi) is 3.78. The summed E-state index contributed by atoms with van der Waals surface area (Å²) in [7, 11) is 0. The van der Waals surface area contributed by atoms with Crippen LogP contribution in [0.2, 0.25) is 0 Å². The van der Waals surface area contributed by atoms with Gasteiger partial charge in [-0.3, -0.25) is 0 Å². The van der Waals surface area contributed by atoms with Crippen LogP contribution in [0.25, 0.3) is 0 Å². The normalized spacial score (nSPS) is 32.7. The highest BCUT2D eigenvalue weighted by Crippen LogP contribution is 2.27. The Morgan fingerprint density at radius 3 is 2.22 bits per heavy atom.